The van der Waals surface area contributed by atoms with Gasteiger partial charge in [-0.2, -0.15) is 0 Å². The van der Waals surface area contributed by atoms with E-state index in [4.69, 9.17) is 16.3 Å². The number of nitrogens with one attached hydrogen (secondary N) is 1. The molecule has 1 heterocycles. The van der Waals surface area contributed by atoms with Crippen molar-refractivity contribution in [1.29, 1.82) is 0 Å². The maximum Gasteiger partial charge on any atom is 0.266 e. The maximum absolute atomic E-state index is 14.3. The van der Waals surface area contributed by atoms with Gasteiger partial charge < -0.3 is 19.9 Å². The Morgan fingerprint density at radius 3 is 2.29 bits per heavy atom. The van der Waals surface area contributed by atoms with Gasteiger partial charge in [0.15, 0.2) is 0 Å². The number of thiophene rings is 1. The zero-order valence-corrected chi connectivity index (χ0v) is 26.7. The molecule has 1 saturated carbocycles. The van der Waals surface area contributed by atoms with Crippen LogP contribution in [0.15, 0.2) is 66.7 Å². The highest BCUT2D eigenvalue weighted by Gasteiger charge is 2.32. The van der Waals surface area contributed by atoms with E-state index in [9.17, 15) is 9.59 Å². The molecule has 0 unspecified atom stereocenters. The van der Waals surface area contributed by atoms with Gasteiger partial charge >= 0.3 is 0 Å². The molecule has 0 radical (unpaired) electrons. The summed E-state index contributed by atoms with van der Waals surface area (Å²) in [5.41, 5.74) is 3.82. The summed E-state index contributed by atoms with van der Waals surface area (Å²) in [6.07, 6.45) is 3.88. The number of carbonyl (C=O) groups is 2. The fourth-order valence-electron chi connectivity index (χ4n) is 5.65. The Bertz CT molecular complexity index is 1550. The molecule has 1 aliphatic carbocycles. The second-order valence-corrected chi connectivity index (χ2v) is 12.1. The fraction of sp³-hybridized carbons (Fsp3) is 0.333. The van der Waals surface area contributed by atoms with E-state index in [1.807, 2.05) is 72.6 Å². The van der Waals surface area contributed by atoms with Gasteiger partial charge in [-0.3, -0.25) is 9.59 Å². The third-order valence-corrected chi connectivity index (χ3v) is 9.88. The lowest BCUT2D eigenvalue weighted by Gasteiger charge is -2.37. The molecule has 0 atom stereocenters. The molecular weight excluding hydrogens is 589 g/mol. The van der Waals surface area contributed by atoms with Gasteiger partial charge in [-0.05, 0) is 74.2 Å². The number of ether oxygens (including phenoxy) is 1. The first-order valence-electron chi connectivity index (χ1n) is 14.0. The van der Waals surface area contributed by atoms with Crippen molar-refractivity contribution in [2.45, 2.75) is 51.2 Å². The summed E-state index contributed by atoms with van der Waals surface area (Å²) in [7, 11) is 5.44. The van der Waals surface area contributed by atoms with Gasteiger partial charge in [0, 0.05) is 53.9 Å². The molecule has 1 aromatic heterocycles. The van der Waals surface area contributed by atoms with E-state index < -0.39 is 0 Å². The van der Waals surface area contributed by atoms with Crippen LogP contribution in [0.1, 0.15) is 47.8 Å². The number of anilines is 1. The van der Waals surface area contributed by atoms with Gasteiger partial charge in [0.2, 0.25) is 5.91 Å². The van der Waals surface area contributed by atoms with Crippen LogP contribution in [0.3, 0.4) is 0 Å². The average molecular weight is 627 g/mol. The molecule has 4 aromatic rings. The average Bonchev–Trinajstić information content (AvgIpc) is 3.35. The number of nitrogens with zero attached hydrogens (tertiary/aromatic N) is 2. The second-order valence-electron chi connectivity index (χ2n) is 10.6. The van der Waals surface area contributed by atoms with Crippen LogP contribution in [-0.2, 0) is 11.3 Å². The highest BCUT2D eigenvalue weighted by molar-refractivity contribution is 7.21. The van der Waals surface area contributed by atoms with Crippen LogP contribution < -0.4 is 15.0 Å². The first-order valence-corrected chi connectivity index (χ1v) is 15.2. The molecule has 0 aliphatic heterocycles. The minimum atomic E-state index is -0.0341. The smallest absolute Gasteiger partial charge is 0.266 e. The Kier molecular flexibility index (Phi) is 10.5. The summed E-state index contributed by atoms with van der Waals surface area (Å²) in [5.74, 6) is 0.691. The third-order valence-electron chi connectivity index (χ3n) is 8.22. The molecule has 1 fully saturated rings. The van der Waals surface area contributed by atoms with Crippen LogP contribution >= 0.6 is 35.3 Å². The number of halogens is 2. The number of fused-ring (bicyclic) bond motifs is 1. The summed E-state index contributed by atoms with van der Waals surface area (Å²) < 4.78 is 6.79. The van der Waals surface area contributed by atoms with Crippen LogP contribution in [0.5, 0.6) is 5.75 Å². The Hall–Kier alpha value is -3.10. The Labute approximate surface area is 263 Å². The molecule has 5 rings (SSSR count). The van der Waals surface area contributed by atoms with Gasteiger partial charge in [0.25, 0.3) is 5.91 Å². The number of benzene rings is 3. The Morgan fingerprint density at radius 1 is 1.00 bits per heavy atom. The lowest BCUT2D eigenvalue weighted by atomic mass is 9.89. The molecule has 42 heavy (non-hydrogen) atoms. The van der Waals surface area contributed by atoms with Crippen molar-refractivity contribution in [1.82, 2.24) is 10.2 Å². The van der Waals surface area contributed by atoms with E-state index in [0.717, 1.165) is 63.9 Å². The molecule has 2 amide bonds. The second kappa shape index (κ2) is 13.9. The zero-order valence-electron chi connectivity index (χ0n) is 24.4. The molecule has 0 spiro atoms. The first-order chi connectivity index (χ1) is 19.8. The number of amides is 2. The van der Waals surface area contributed by atoms with Gasteiger partial charge in [-0.1, -0.05) is 48.0 Å². The minimum Gasteiger partial charge on any atom is -0.496 e. The molecule has 9 heteroatoms. The molecular formula is C33H37Cl2N3O3S. The van der Waals surface area contributed by atoms with Crippen molar-refractivity contribution in [3.63, 3.8) is 0 Å². The lowest BCUT2D eigenvalue weighted by Crippen LogP contribution is -2.44. The number of hydrogen-bond acceptors (Lipinski definition) is 5. The SMILES string of the molecule is CNC1CCC(N(Cc2cc(-c3ccc(N(C)C(C)=O)cc3)ccc2OC)C(=O)c2sc3ccccc3c2Cl)CC1.Cl. The monoisotopic (exact) mass is 625 g/mol. The third kappa shape index (κ3) is 6.60. The van der Waals surface area contributed by atoms with Crippen molar-refractivity contribution in [3.05, 3.63) is 82.2 Å². The number of hydrogen-bond donors (Lipinski definition) is 1. The number of carbonyl (C=O) groups excluding carboxylic acids is 2. The van der Waals surface area contributed by atoms with Crippen LogP contribution in [0, 0.1) is 0 Å². The summed E-state index contributed by atoms with van der Waals surface area (Å²) in [4.78, 5) is 30.3. The van der Waals surface area contributed by atoms with E-state index in [1.165, 1.54) is 11.3 Å². The van der Waals surface area contributed by atoms with Crippen molar-refractivity contribution in [3.8, 4) is 16.9 Å². The van der Waals surface area contributed by atoms with Gasteiger partial charge in [0.05, 0.1) is 12.1 Å². The van der Waals surface area contributed by atoms with E-state index in [0.29, 0.717) is 22.5 Å². The predicted octanol–water partition coefficient (Wildman–Crippen LogP) is 7.81. The topological polar surface area (TPSA) is 61.9 Å². The van der Waals surface area contributed by atoms with Gasteiger partial charge in [0.1, 0.15) is 10.6 Å². The van der Waals surface area contributed by atoms with Crippen LogP contribution in [-0.4, -0.2) is 50.0 Å². The van der Waals surface area contributed by atoms with E-state index in [2.05, 4.69) is 11.4 Å². The largest absolute Gasteiger partial charge is 0.496 e. The summed E-state index contributed by atoms with van der Waals surface area (Å²) in [6, 6.07) is 22.5. The minimum absolute atomic E-state index is 0. The van der Waals surface area contributed by atoms with E-state index in [1.54, 1.807) is 26.0 Å². The van der Waals surface area contributed by atoms with E-state index >= 15 is 0 Å². The van der Waals surface area contributed by atoms with E-state index in [-0.39, 0.29) is 30.3 Å². The highest BCUT2D eigenvalue weighted by Crippen LogP contribution is 2.38. The van der Waals surface area contributed by atoms with Crippen molar-refractivity contribution in [2.24, 2.45) is 0 Å². The van der Waals surface area contributed by atoms with Crippen molar-refractivity contribution < 1.29 is 14.3 Å². The summed E-state index contributed by atoms with van der Waals surface area (Å²) >= 11 is 8.27. The fourth-order valence-corrected chi connectivity index (χ4v) is 7.12. The van der Waals surface area contributed by atoms with Gasteiger partial charge in [-0.25, -0.2) is 0 Å². The first kappa shape index (κ1) is 31.8. The highest BCUT2D eigenvalue weighted by atomic mass is 35.5. The normalized spacial score (nSPS) is 16.5. The van der Waals surface area contributed by atoms with Crippen LogP contribution in [0.25, 0.3) is 21.2 Å². The standard InChI is InChI=1S/C33H36ClN3O3S.ClH/c1-21(38)36(3)26-14-9-22(10-15-26)23-11-18-29(40-4)24(19-23)20-37(27-16-12-25(35-2)13-17-27)33(39)32-31(34)28-7-5-6-8-30(28)41-32;/h5-11,14-15,18-19,25,27,35H,12-13,16-17,20H2,1-4H3;1H. The van der Waals surface area contributed by atoms with Crippen molar-refractivity contribution in [2.75, 3.05) is 26.1 Å². The predicted molar refractivity (Wildman–Crippen MR) is 177 cm³/mol. The molecule has 0 saturated heterocycles. The molecule has 1 N–H and O–H groups in total. The Morgan fingerprint density at radius 2 is 1.67 bits per heavy atom. The molecule has 222 valence electrons. The molecule has 6 nitrogen and oxygen atoms in total. The number of methoxy groups -OCH3 is 1. The van der Waals surface area contributed by atoms with Gasteiger partial charge in [-0.15, -0.1) is 23.7 Å². The van der Waals surface area contributed by atoms with Crippen LogP contribution in [0.4, 0.5) is 5.69 Å². The zero-order chi connectivity index (χ0) is 29.1. The Balaban J connectivity index is 0.00000405. The quantitative estimate of drug-likeness (QED) is 0.217. The van der Waals surface area contributed by atoms with Crippen molar-refractivity contribution >= 4 is 62.9 Å². The summed E-state index contributed by atoms with van der Waals surface area (Å²) in [5, 5.41) is 4.84. The molecule has 3 aromatic carbocycles. The molecule has 0 bridgehead atoms. The summed E-state index contributed by atoms with van der Waals surface area (Å²) in [6.45, 7) is 1.97. The maximum atomic E-state index is 14.3. The number of rotatable bonds is 8. The van der Waals surface area contributed by atoms with Crippen LogP contribution in [0.2, 0.25) is 5.02 Å². The lowest BCUT2D eigenvalue weighted by molar-refractivity contribution is -0.116. The molecule has 1 aliphatic rings.